The van der Waals surface area contributed by atoms with Gasteiger partial charge in [0.1, 0.15) is 0 Å². The average molecular weight is 341 g/mol. The van der Waals surface area contributed by atoms with E-state index < -0.39 is 0 Å². The quantitative estimate of drug-likeness (QED) is 0.836. The summed E-state index contributed by atoms with van der Waals surface area (Å²) in [7, 11) is 0. The standard InChI is InChI=1S/C17H24N2OS.ClH/c20-17(11-15-12-21-9-8-18-15)19-16(14-6-7-14)10-13-4-2-1-3-5-13;/h1-5,14-16,18H,6-12H2,(H,19,20);1H. The van der Waals surface area contributed by atoms with E-state index in [0.717, 1.165) is 24.5 Å². The first-order chi connectivity index (χ1) is 10.3. The molecule has 0 radical (unpaired) electrons. The SMILES string of the molecule is Cl.O=C(CC1CSCCN1)NC(Cc1ccccc1)C1CC1. The van der Waals surface area contributed by atoms with Crippen LogP contribution in [0.4, 0.5) is 0 Å². The first kappa shape index (κ1) is 17.6. The minimum Gasteiger partial charge on any atom is -0.353 e. The van der Waals surface area contributed by atoms with E-state index in [1.165, 1.54) is 18.4 Å². The molecule has 0 spiro atoms. The molecular formula is C17H25ClN2OS. The van der Waals surface area contributed by atoms with Crippen LogP contribution in [-0.4, -0.2) is 36.0 Å². The molecule has 1 saturated carbocycles. The molecule has 22 heavy (non-hydrogen) atoms. The third-order valence-electron chi connectivity index (χ3n) is 4.27. The Labute approximate surface area is 143 Å². The summed E-state index contributed by atoms with van der Waals surface area (Å²) < 4.78 is 0. The lowest BCUT2D eigenvalue weighted by Gasteiger charge is -2.24. The number of nitrogens with one attached hydrogen (secondary N) is 2. The Bertz CT molecular complexity index is 461. The van der Waals surface area contributed by atoms with Crippen molar-refractivity contribution in [3.05, 3.63) is 35.9 Å². The largest absolute Gasteiger partial charge is 0.353 e. The molecule has 1 aromatic rings. The van der Waals surface area contributed by atoms with Crippen LogP contribution in [0, 0.1) is 5.92 Å². The van der Waals surface area contributed by atoms with Gasteiger partial charge in [-0.1, -0.05) is 30.3 Å². The molecule has 1 heterocycles. The monoisotopic (exact) mass is 340 g/mol. The van der Waals surface area contributed by atoms with Gasteiger partial charge in [0.25, 0.3) is 0 Å². The van der Waals surface area contributed by atoms with Crippen molar-refractivity contribution < 1.29 is 4.79 Å². The number of hydrogen-bond donors (Lipinski definition) is 2. The molecule has 2 aliphatic rings. The van der Waals surface area contributed by atoms with Gasteiger partial charge in [-0.25, -0.2) is 0 Å². The molecule has 2 unspecified atom stereocenters. The van der Waals surface area contributed by atoms with Crippen LogP contribution in [0.25, 0.3) is 0 Å². The molecule has 1 amide bonds. The lowest BCUT2D eigenvalue weighted by Crippen LogP contribution is -2.44. The number of carbonyl (C=O) groups excluding carboxylic acids is 1. The zero-order valence-electron chi connectivity index (χ0n) is 12.8. The highest BCUT2D eigenvalue weighted by atomic mass is 35.5. The van der Waals surface area contributed by atoms with Gasteiger partial charge in [0.2, 0.25) is 5.91 Å². The Morgan fingerprint density at radius 3 is 2.73 bits per heavy atom. The van der Waals surface area contributed by atoms with Crippen molar-refractivity contribution in [2.45, 2.75) is 37.8 Å². The van der Waals surface area contributed by atoms with Gasteiger partial charge in [0.15, 0.2) is 0 Å². The molecule has 3 rings (SSSR count). The van der Waals surface area contributed by atoms with Gasteiger partial charge >= 0.3 is 0 Å². The van der Waals surface area contributed by atoms with E-state index in [1.54, 1.807) is 0 Å². The third kappa shape index (κ3) is 5.49. The summed E-state index contributed by atoms with van der Waals surface area (Å²) in [4.78, 5) is 12.3. The van der Waals surface area contributed by atoms with E-state index in [-0.39, 0.29) is 18.3 Å². The minimum atomic E-state index is 0. The number of thioether (sulfide) groups is 1. The highest BCUT2D eigenvalue weighted by molar-refractivity contribution is 7.99. The van der Waals surface area contributed by atoms with E-state index in [4.69, 9.17) is 0 Å². The summed E-state index contributed by atoms with van der Waals surface area (Å²) in [6, 6.07) is 11.2. The number of benzene rings is 1. The summed E-state index contributed by atoms with van der Waals surface area (Å²) >= 11 is 1.94. The van der Waals surface area contributed by atoms with Crippen molar-refractivity contribution >= 4 is 30.1 Å². The first-order valence-corrected chi connectivity index (χ1v) is 9.11. The smallest absolute Gasteiger partial charge is 0.221 e. The molecule has 2 N–H and O–H groups in total. The molecular weight excluding hydrogens is 316 g/mol. The van der Waals surface area contributed by atoms with Crippen LogP contribution in [0.5, 0.6) is 0 Å². The van der Waals surface area contributed by atoms with Crippen molar-refractivity contribution in [1.29, 1.82) is 0 Å². The lowest BCUT2D eigenvalue weighted by molar-refractivity contribution is -0.122. The molecule has 2 fully saturated rings. The van der Waals surface area contributed by atoms with E-state index in [0.29, 0.717) is 24.4 Å². The summed E-state index contributed by atoms with van der Waals surface area (Å²) in [5, 5.41) is 6.72. The average Bonchev–Trinajstić information content (AvgIpc) is 3.33. The second kappa shape index (κ2) is 8.80. The minimum absolute atomic E-state index is 0. The molecule has 1 aliphatic heterocycles. The summed E-state index contributed by atoms with van der Waals surface area (Å²) in [5.74, 6) is 3.11. The molecule has 1 aromatic carbocycles. The number of amides is 1. The van der Waals surface area contributed by atoms with Gasteiger partial charge in [0, 0.05) is 36.6 Å². The molecule has 5 heteroatoms. The fourth-order valence-electron chi connectivity index (χ4n) is 2.94. The maximum Gasteiger partial charge on any atom is 0.221 e. The summed E-state index contributed by atoms with van der Waals surface area (Å²) in [5.41, 5.74) is 1.32. The maximum atomic E-state index is 12.3. The van der Waals surface area contributed by atoms with Gasteiger partial charge in [-0.05, 0) is 30.7 Å². The fourth-order valence-corrected chi connectivity index (χ4v) is 3.89. The van der Waals surface area contributed by atoms with Crippen molar-refractivity contribution in [2.75, 3.05) is 18.1 Å². The van der Waals surface area contributed by atoms with Gasteiger partial charge in [-0.3, -0.25) is 4.79 Å². The normalized spacial score (nSPS) is 22.5. The van der Waals surface area contributed by atoms with E-state index >= 15 is 0 Å². The zero-order valence-corrected chi connectivity index (χ0v) is 14.4. The van der Waals surface area contributed by atoms with Gasteiger partial charge < -0.3 is 10.6 Å². The van der Waals surface area contributed by atoms with Crippen molar-refractivity contribution in [3.63, 3.8) is 0 Å². The predicted molar refractivity (Wildman–Crippen MR) is 95.8 cm³/mol. The second-order valence-electron chi connectivity index (χ2n) is 6.13. The third-order valence-corrected chi connectivity index (χ3v) is 5.40. The number of rotatable bonds is 6. The van der Waals surface area contributed by atoms with Crippen molar-refractivity contribution in [2.24, 2.45) is 5.92 Å². The van der Waals surface area contributed by atoms with Gasteiger partial charge in [-0.2, -0.15) is 11.8 Å². The van der Waals surface area contributed by atoms with Gasteiger partial charge in [0.05, 0.1) is 0 Å². The maximum absolute atomic E-state index is 12.3. The zero-order chi connectivity index (χ0) is 14.5. The number of hydrogen-bond acceptors (Lipinski definition) is 3. The highest BCUT2D eigenvalue weighted by Gasteiger charge is 2.32. The number of carbonyl (C=O) groups is 1. The molecule has 122 valence electrons. The van der Waals surface area contributed by atoms with Crippen LogP contribution in [0.15, 0.2) is 30.3 Å². The molecule has 3 nitrogen and oxygen atoms in total. The van der Waals surface area contributed by atoms with Crippen molar-refractivity contribution in [1.82, 2.24) is 10.6 Å². The second-order valence-corrected chi connectivity index (χ2v) is 7.28. The Hall–Kier alpha value is -0.710. The Morgan fingerprint density at radius 1 is 1.32 bits per heavy atom. The molecule has 2 atom stereocenters. The summed E-state index contributed by atoms with van der Waals surface area (Å²) in [6.07, 6.45) is 4.10. The van der Waals surface area contributed by atoms with E-state index in [1.807, 2.05) is 17.8 Å². The Balaban J connectivity index is 0.00000176. The Kier molecular flexibility index (Phi) is 7.06. The van der Waals surface area contributed by atoms with Crippen LogP contribution in [-0.2, 0) is 11.2 Å². The molecule has 1 saturated heterocycles. The molecule has 1 aliphatic carbocycles. The first-order valence-electron chi connectivity index (χ1n) is 7.95. The number of halogens is 1. The highest BCUT2D eigenvalue weighted by Crippen LogP contribution is 2.34. The molecule has 0 bridgehead atoms. The fraction of sp³-hybridized carbons (Fsp3) is 0.588. The summed E-state index contributed by atoms with van der Waals surface area (Å²) in [6.45, 7) is 1.03. The lowest BCUT2D eigenvalue weighted by atomic mass is 10.0. The Morgan fingerprint density at radius 2 is 2.09 bits per heavy atom. The van der Waals surface area contributed by atoms with Crippen LogP contribution in [0.1, 0.15) is 24.8 Å². The predicted octanol–water partition coefficient (Wildman–Crippen LogP) is 2.64. The van der Waals surface area contributed by atoms with Crippen LogP contribution >= 0.6 is 24.2 Å². The van der Waals surface area contributed by atoms with E-state index in [2.05, 4.69) is 34.9 Å². The van der Waals surface area contributed by atoms with Crippen LogP contribution in [0.2, 0.25) is 0 Å². The van der Waals surface area contributed by atoms with Crippen LogP contribution < -0.4 is 10.6 Å². The van der Waals surface area contributed by atoms with Crippen molar-refractivity contribution in [3.8, 4) is 0 Å². The van der Waals surface area contributed by atoms with Gasteiger partial charge in [-0.15, -0.1) is 12.4 Å². The molecule has 0 aromatic heterocycles. The topological polar surface area (TPSA) is 41.1 Å². The van der Waals surface area contributed by atoms with Crippen LogP contribution in [0.3, 0.4) is 0 Å². The van der Waals surface area contributed by atoms with E-state index in [9.17, 15) is 4.79 Å².